The number of urea groups is 1. The molecule has 1 saturated heterocycles. The van der Waals surface area contributed by atoms with Gasteiger partial charge in [-0.1, -0.05) is 13.8 Å². The van der Waals surface area contributed by atoms with Crippen LogP contribution in [-0.4, -0.2) is 36.3 Å². The molecule has 0 bridgehead atoms. The Hall–Kier alpha value is -1.06. The van der Waals surface area contributed by atoms with Crippen molar-refractivity contribution in [2.45, 2.75) is 26.7 Å². The molecule has 0 aromatic carbocycles. The third-order valence-electron chi connectivity index (χ3n) is 2.49. The summed E-state index contributed by atoms with van der Waals surface area (Å²) in [6.45, 7) is 5.73. The van der Waals surface area contributed by atoms with Gasteiger partial charge in [-0.05, 0) is 6.42 Å². The fourth-order valence-corrected chi connectivity index (χ4v) is 1.54. The highest BCUT2D eigenvalue weighted by Gasteiger charge is 2.26. The molecule has 1 N–H and O–H groups in total. The highest BCUT2D eigenvalue weighted by Crippen LogP contribution is 2.11. The summed E-state index contributed by atoms with van der Waals surface area (Å²) in [4.78, 5) is 24.5. The van der Waals surface area contributed by atoms with Gasteiger partial charge in [0.15, 0.2) is 0 Å². The molecular weight excluding hydrogens is 180 g/mol. The van der Waals surface area contributed by atoms with Crippen molar-refractivity contribution in [2.75, 3.05) is 19.6 Å². The predicted molar refractivity (Wildman–Crippen MR) is 54.1 cm³/mol. The second-order valence-electron chi connectivity index (χ2n) is 3.80. The molecule has 0 aliphatic carbocycles. The largest absolute Gasteiger partial charge is 0.338 e. The summed E-state index contributed by atoms with van der Waals surface area (Å²) in [5.74, 6) is 0.265. The molecule has 1 heterocycles. The summed E-state index contributed by atoms with van der Waals surface area (Å²) in [6, 6.07) is -0.0359. The zero-order valence-electron chi connectivity index (χ0n) is 8.88. The Balaban J connectivity index is 2.38. The maximum Gasteiger partial charge on any atom is 0.317 e. The number of likely N-dealkylation sites (tertiary alicyclic amines) is 1. The molecule has 1 unspecified atom stereocenters. The topological polar surface area (TPSA) is 49.4 Å². The van der Waals surface area contributed by atoms with Gasteiger partial charge < -0.3 is 10.2 Å². The standard InChI is InChI=1S/C10H18N2O2/c1-3-5-11-10(14)12-6-4-9(13)8(2)7-12/h8H,3-7H2,1-2H3,(H,11,14). The van der Waals surface area contributed by atoms with Crippen LogP contribution in [0.15, 0.2) is 0 Å². The molecule has 1 atom stereocenters. The number of hydrogen-bond acceptors (Lipinski definition) is 2. The molecule has 1 fully saturated rings. The first kappa shape index (κ1) is 11.0. The number of nitrogens with zero attached hydrogens (tertiary/aromatic N) is 1. The van der Waals surface area contributed by atoms with Crippen LogP contribution in [0.1, 0.15) is 26.7 Å². The molecule has 14 heavy (non-hydrogen) atoms. The highest BCUT2D eigenvalue weighted by atomic mass is 16.2. The van der Waals surface area contributed by atoms with Crippen LogP contribution in [-0.2, 0) is 4.79 Å². The van der Waals surface area contributed by atoms with E-state index in [-0.39, 0.29) is 17.7 Å². The smallest absolute Gasteiger partial charge is 0.317 e. The quantitative estimate of drug-likeness (QED) is 0.720. The van der Waals surface area contributed by atoms with Gasteiger partial charge >= 0.3 is 6.03 Å². The fraction of sp³-hybridized carbons (Fsp3) is 0.800. The molecule has 1 aliphatic heterocycles. The average Bonchev–Trinajstić information content (AvgIpc) is 2.18. The number of nitrogens with one attached hydrogen (secondary N) is 1. The molecule has 4 heteroatoms. The van der Waals surface area contributed by atoms with Crippen molar-refractivity contribution in [2.24, 2.45) is 5.92 Å². The van der Waals surface area contributed by atoms with E-state index in [1.54, 1.807) is 4.90 Å². The minimum absolute atomic E-state index is 0.00359. The Kier molecular flexibility index (Phi) is 3.92. The highest BCUT2D eigenvalue weighted by molar-refractivity contribution is 5.84. The van der Waals surface area contributed by atoms with E-state index in [4.69, 9.17) is 0 Å². The average molecular weight is 198 g/mol. The number of Topliss-reactive ketones (excluding diaryl/α,β-unsaturated/α-hetero) is 1. The molecule has 2 amide bonds. The Morgan fingerprint density at radius 3 is 2.93 bits per heavy atom. The number of carbonyl (C=O) groups excluding carboxylic acids is 2. The summed E-state index contributed by atoms with van der Waals surface area (Å²) in [7, 11) is 0. The van der Waals surface area contributed by atoms with E-state index in [0.717, 1.165) is 6.42 Å². The SMILES string of the molecule is CCCNC(=O)N1CCC(=O)C(C)C1. The molecule has 0 radical (unpaired) electrons. The predicted octanol–water partition coefficient (Wildman–Crippen LogP) is 1.02. The lowest BCUT2D eigenvalue weighted by molar-refractivity contribution is -0.124. The van der Waals surface area contributed by atoms with Gasteiger partial charge in [-0.3, -0.25) is 4.79 Å². The Morgan fingerprint density at radius 1 is 1.64 bits per heavy atom. The van der Waals surface area contributed by atoms with Crippen LogP contribution < -0.4 is 5.32 Å². The van der Waals surface area contributed by atoms with Crippen LogP contribution >= 0.6 is 0 Å². The Bertz CT molecular complexity index is 228. The van der Waals surface area contributed by atoms with Gasteiger partial charge in [-0.25, -0.2) is 4.79 Å². The maximum atomic E-state index is 11.5. The molecule has 4 nitrogen and oxygen atoms in total. The van der Waals surface area contributed by atoms with Crippen molar-refractivity contribution in [1.29, 1.82) is 0 Å². The van der Waals surface area contributed by atoms with E-state index >= 15 is 0 Å². The van der Waals surface area contributed by atoms with Gasteiger partial charge in [0.1, 0.15) is 5.78 Å². The fourth-order valence-electron chi connectivity index (χ4n) is 1.54. The number of piperidine rings is 1. The first-order valence-corrected chi connectivity index (χ1v) is 5.20. The van der Waals surface area contributed by atoms with E-state index in [1.165, 1.54) is 0 Å². The van der Waals surface area contributed by atoms with Crippen LogP contribution in [0.3, 0.4) is 0 Å². The zero-order valence-corrected chi connectivity index (χ0v) is 8.88. The second kappa shape index (κ2) is 4.98. The molecule has 0 aromatic heterocycles. The molecule has 1 rings (SSSR count). The summed E-state index contributed by atoms with van der Waals surface area (Å²) < 4.78 is 0. The third kappa shape index (κ3) is 2.72. The molecule has 80 valence electrons. The molecular formula is C10H18N2O2. The molecule has 1 aliphatic rings. The number of carbonyl (C=O) groups is 2. The number of rotatable bonds is 2. The first-order chi connectivity index (χ1) is 6.65. The van der Waals surface area contributed by atoms with Crippen LogP contribution in [0.2, 0.25) is 0 Å². The van der Waals surface area contributed by atoms with Crippen LogP contribution in [0.5, 0.6) is 0 Å². The van der Waals surface area contributed by atoms with Crippen LogP contribution in [0.25, 0.3) is 0 Å². The first-order valence-electron chi connectivity index (χ1n) is 5.20. The minimum Gasteiger partial charge on any atom is -0.338 e. The van der Waals surface area contributed by atoms with Gasteiger partial charge in [-0.15, -0.1) is 0 Å². The lowest BCUT2D eigenvalue weighted by atomic mass is 9.99. The van der Waals surface area contributed by atoms with E-state index in [2.05, 4.69) is 5.32 Å². The number of ketones is 1. The summed E-state index contributed by atoms with van der Waals surface area (Å²) in [6.07, 6.45) is 1.44. The van der Waals surface area contributed by atoms with Gasteiger partial charge in [0.25, 0.3) is 0 Å². The van der Waals surface area contributed by atoms with Crippen molar-refractivity contribution in [3.8, 4) is 0 Å². The van der Waals surface area contributed by atoms with Crippen molar-refractivity contribution in [3.05, 3.63) is 0 Å². The Labute approximate surface area is 84.7 Å². The monoisotopic (exact) mass is 198 g/mol. The van der Waals surface area contributed by atoms with Crippen LogP contribution in [0.4, 0.5) is 4.79 Å². The van der Waals surface area contributed by atoms with Gasteiger partial charge in [-0.2, -0.15) is 0 Å². The third-order valence-corrected chi connectivity index (χ3v) is 2.49. The maximum absolute atomic E-state index is 11.5. The zero-order chi connectivity index (χ0) is 10.6. The summed E-state index contributed by atoms with van der Waals surface area (Å²) >= 11 is 0. The summed E-state index contributed by atoms with van der Waals surface area (Å²) in [5, 5.41) is 2.81. The van der Waals surface area contributed by atoms with Crippen molar-refractivity contribution < 1.29 is 9.59 Å². The molecule has 0 aromatic rings. The van der Waals surface area contributed by atoms with E-state index < -0.39 is 0 Å². The lowest BCUT2D eigenvalue weighted by Crippen LogP contribution is -2.47. The number of amides is 2. The molecule has 0 saturated carbocycles. The summed E-state index contributed by atoms with van der Waals surface area (Å²) in [5.41, 5.74) is 0. The van der Waals surface area contributed by atoms with Crippen LogP contribution in [0, 0.1) is 5.92 Å². The Morgan fingerprint density at radius 2 is 2.36 bits per heavy atom. The normalized spacial score (nSPS) is 22.3. The van der Waals surface area contributed by atoms with Crippen molar-refractivity contribution >= 4 is 11.8 Å². The van der Waals surface area contributed by atoms with E-state index in [9.17, 15) is 9.59 Å². The van der Waals surface area contributed by atoms with E-state index in [1.807, 2.05) is 13.8 Å². The molecule has 0 spiro atoms. The minimum atomic E-state index is -0.0359. The lowest BCUT2D eigenvalue weighted by Gasteiger charge is -2.30. The van der Waals surface area contributed by atoms with E-state index in [0.29, 0.717) is 26.1 Å². The van der Waals surface area contributed by atoms with Crippen molar-refractivity contribution in [3.63, 3.8) is 0 Å². The second-order valence-corrected chi connectivity index (χ2v) is 3.80. The van der Waals surface area contributed by atoms with Gasteiger partial charge in [0.05, 0.1) is 0 Å². The van der Waals surface area contributed by atoms with Gasteiger partial charge in [0.2, 0.25) is 0 Å². The van der Waals surface area contributed by atoms with Crippen molar-refractivity contribution in [1.82, 2.24) is 10.2 Å². The number of hydrogen-bond donors (Lipinski definition) is 1. The van der Waals surface area contributed by atoms with Gasteiger partial charge in [0, 0.05) is 32.0 Å².